The highest BCUT2D eigenvalue weighted by molar-refractivity contribution is 5.83. The summed E-state index contributed by atoms with van der Waals surface area (Å²) in [6, 6.07) is -0.982. The lowest BCUT2D eigenvalue weighted by molar-refractivity contribution is -0.141. The zero-order chi connectivity index (χ0) is 14.3. The van der Waals surface area contributed by atoms with Crippen LogP contribution >= 0.6 is 0 Å². The average molecular weight is 253 g/mol. The predicted molar refractivity (Wildman–Crippen MR) is 70.9 cm³/mol. The zero-order valence-electron chi connectivity index (χ0n) is 11.6. The minimum Gasteiger partial charge on any atom is -0.480 e. The SMILES string of the molecule is C#CCC(NC(=O)CC(C)CC(C)(C)C)C(=O)O. The molecule has 0 bridgehead atoms. The normalized spacial score (nSPS) is 14.4. The van der Waals surface area contributed by atoms with Crippen molar-refractivity contribution in [3.8, 4) is 12.3 Å². The number of carbonyl (C=O) groups excluding carboxylic acids is 1. The Balaban J connectivity index is 4.25. The molecule has 0 aliphatic rings. The van der Waals surface area contributed by atoms with Crippen LogP contribution in [0, 0.1) is 23.7 Å². The molecule has 4 heteroatoms. The number of hydrogen-bond acceptors (Lipinski definition) is 2. The summed E-state index contributed by atoms with van der Waals surface area (Å²) in [6.07, 6.45) is 6.31. The second kappa shape index (κ2) is 7.05. The van der Waals surface area contributed by atoms with Gasteiger partial charge in [0.1, 0.15) is 6.04 Å². The monoisotopic (exact) mass is 253 g/mol. The first kappa shape index (κ1) is 16.5. The lowest BCUT2D eigenvalue weighted by Crippen LogP contribution is -2.41. The fourth-order valence-corrected chi connectivity index (χ4v) is 2.01. The van der Waals surface area contributed by atoms with Crippen LogP contribution in [0.25, 0.3) is 0 Å². The molecule has 0 aromatic rings. The van der Waals surface area contributed by atoms with Gasteiger partial charge in [-0.2, -0.15) is 0 Å². The molecular formula is C14H23NO3. The van der Waals surface area contributed by atoms with Gasteiger partial charge in [-0.15, -0.1) is 12.3 Å². The van der Waals surface area contributed by atoms with E-state index in [1.54, 1.807) is 0 Å². The molecule has 18 heavy (non-hydrogen) atoms. The molecule has 0 aliphatic carbocycles. The van der Waals surface area contributed by atoms with E-state index in [1.165, 1.54) is 0 Å². The molecule has 2 unspecified atom stereocenters. The van der Waals surface area contributed by atoms with Crippen molar-refractivity contribution in [3.05, 3.63) is 0 Å². The van der Waals surface area contributed by atoms with Gasteiger partial charge in [0.15, 0.2) is 0 Å². The number of terminal acetylenes is 1. The summed E-state index contributed by atoms with van der Waals surface area (Å²) in [5, 5.41) is 11.3. The largest absolute Gasteiger partial charge is 0.480 e. The van der Waals surface area contributed by atoms with Crippen LogP contribution < -0.4 is 5.32 Å². The van der Waals surface area contributed by atoms with Gasteiger partial charge in [0.05, 0.1) is 0 Å². The van der Waals surface area contributed by atoms with Crippen molar-refractivity contribution in [1.29, 1.82) is 0 Å². The number of carboxylic acid groups (broad SMARTS) is 1. The topological polar surface area (TPSA) is 66.4 Å². The Morgan fingerprint density at radius 3 is 2.33 bits per heavy atom. The smallest absolute Gasteiger partial charge is 0.327 e. The zero-order valence-corrected chi connectivity index (χ0v) is 11.6. The summed E-state index contributed by atoms with van der Waals surface area (Å²) in [7, 11) is 0. The molecule has 1 amide bonds. The van der Waals surface area contributed by atoms with E-state index in [9.17, 15) is 9.59 Å². The number of hydrogen-bond donors (Lipinski definition) is 2. The number of rotatable bonds is 6. The molecule has 0 radical (unpaired) electrons. The quantitative estimate of drug-likeness (QED) is 0.712. The van der Waals surface area contributed by atoms with Gasteiger partial charge in [-0.25, -0.2) is 4.79 Å². The van der Waals surface area contributed by atoms with Crippen LogP contribution in [0.1, 0.15) is 47.0 Å². The van der Waals surface area contributed by atoms with Crippen molar-refractivity contribution >= 4 is 11.9 Å². The second-order valence-electron chi connectivity index (χ2n) is 5.94. The lowest BCUT2D eigenvalue weighted by atomic mass is 9.84. The minimum absolute atomic E-state index is 0.00866. The van der Waals surface area contributed by atoms with Gasteiger partial charge in [0.25, 0.3) is 0 Å². The van der Waals surface area contributed by atoms with Crippen LogP contribution in [-0.2, 0) is 9.59 Å². The Hall–Kier alpha value is -1.50. The van der Waals surface area contributed by atoms with Crippen molar-refractivity contribution in [2.75, 3.05) is 0 Å². The standard InChI is InChI=1S/C14H23NO3/c1-6-7-11(13(17)18)15-12(16)8-10(2)9-14(3,4)5/h1,10-11H,7-9H2,2-5H3,(H,15,16)(H,17,18). The third-order valence-corrected chi connectivity index (χ3v) is 2.45. The van der Waals surface area contributed by atoms with Crippen LogP contribution in [0.3, 0.4) is 0 Å². The molecule has 0 aromatic heterocycles. The molecule has 0 saturated heterocycles. The molecule has 102 valence electrons. The third-order valence-electron chi connectivity index (χ3n) is 2.45. The molecule has 0 rings (SSSR count). The van der Waals surface area contributed by atoms with Crippen LogP contribution in [0.2, 0.25) is 0 Å². The molecule has 0 saturated carbocycles. The van der Waals surface area contributed by atoms with E-state index in [-0.39, 0.29) is 23.7 Å². The fraction of sp³-hybridized carbons (Fsp3) is 0.714. The van der Waals surface area contributed by atoms with Gasteiger partial charge in [-0.3, -0.25) is 4.79 Å². The van der Waals surface area contributed by atoms with E-state index < -0.39 is 12.0 Å². The fourth-order valence-electron chi connectivity index (χ4n) is 2.01. The number of nitrogens with one attached hydrogen (secondary N) is 1. The van der Waals surface area contributed by atoms with Crippen molar-refractivity contribution in [2.24, 2.45) is 11.3 Å². The second-order valence-corrected chi connectivity index (χ2v) is 5.94. The van der Waals surface area contributed by atoms with Crippen molar-refractivity contribution in [3.63, 3.8) is 0 Å². The van der Waals surface area contributed by atoms with Gasteiger partial charge in [-0.1, -0.05) is 27.7 Å². The maximum Gasteiger partial charge on any atom is 0.327 e. The van der Waals surface area contributed by atoms with E-state index in [4.69, 9.17) is 11.5 Å². The highest BCUT2D eigenvalue weighted by atomic mass is 16.4. The van der Waals surface area contributed by atoms with Crippen LogP contribution in [0.4, 0.5) is 0 Å². The maximum absolute atomic E-state index is 11.7. The van der Waals surface area contributed by atoms with Crippen LogP contribution in [-0.4, -0.2) is 23.0 Å². The summed E-state index contributed by atoms with van der Waals surface area (Å²) >= 11 is 0. The average Bonchev–Trinajstić information content (AvgIpc) is 2.13. The first-order chi connectivity index (χ1) is 8.15. The summed E-state index contributed by atoms with van der Waals surface area (Å²) < 4.78 is 0. The molecule has 0 spiro atoms. The Labute approximate surface area is 109 Å². The molecule has 0 aliphatic heterocycles. The molecule has 2 atom stereocenters. The number of carboxylic acids is 1. The molecule has 0 heterocycles. The first-order valence-corrected chi connectivity index (χ1v) is 6.11. The van der Waals surface area contributed by atoms with E-state index >= 15 is 0 Å². The molecule has 0 aromatic carbocycles. The number of amides is 1. The summed E-state index contributed by atoms with van der Waals surface area (Å²) in [4.78, 5) is 22.5. The van der Waals surface area contributed by atoms with E-state index in [0.29, 0.717) is 6.42 Å². The Morgan fingerprint density at radius 2 is 1.94 bits per heavy atom. The molecule has 2 N–H and O–H groups in total. The van der Waals surface area contributed by atoms with Gasteiger partial charge in [0.2, 0.25) is 5.91 Å². The van der Waals surface area contributed by atoms with E-state index in [2.05, 4.69) is 32.0 Å². The Bertz CT molecular complexity index is 336. The van der Waals surface area contributed by atoms with Gasteiger partial charge in [-0.05, 0) is 17.8 Å². The molecule has 0 fully saturated rings. The van der Waals surface area contributed by atoms with Crippen molar-refractivity contribution in [1.82, 2.24) is 5.32 Å². The van der Waals surface area contributed by atoms with Crippen LogP contribution in [0.5, 0.6) is 0 Å². The van der Waals surface area contributed by atoms with Gasteiger partial charge >= 0.3 is 5.97 Å². The highest BCUT2D eigenvalue weighted by Crippen LogP contribution is 2.25. The minimum atomic E-state index is -1.09. The molecule has 4 nitrogen and oxygen atoms in total. The highest BCUT2D eigenvalue weighted by Gasteiger charge is 2.22. The predicted octanol–water partition coefficient (Wildman–Crippen LogP) is 2.04. The molecular weight excluding hydrogens is 230 g/mol. The first-order valence-electron chi connectivity index (χ1n) is 6.11. The summed E-state index contributed by atoms with van der Waals surface area (Å²) in [5.74, 6) is 1.12. The third kappa shape index (κ3) is 7.72. The Morgan fingerprint density at radius 1 is 1.39 bits per heavy atom. The summed E-state index contributed by atoms with van der Waals surface area (Å²) in [5.41, 5.74) is 0.157. The van der Waals surface area contributed by atoms with Crippen molar-refractivity contribution in [2.45, 2.75) is 53.0 Å². The Kier molecular flexibility index (Phi) is 6.46. The van der Waals surface area contributed by atoms with E-state index in [0.717, 1.165) is 6.42 Å². The lowest BCUT2D eigenvalue weighted by Gasteiger charge is -2.23. The van der Waals surface area contributed by atoms with Gasteiger partial charge in [0, 0.05) is 12.8 Å². The van der Waals surface area contributed by atoms with Gasteiger partial charge < -0.3 is 10.4 Å². The van der Waals surface area contributed by atoms with E-state index in [1.807, 2.05) is 6.92 Å². The van der Waals surface area contributed by atoms with Crippen molar-refractivity contribution < 1.29 is 14.7 Å². The summed E-state index contributed by atoms with van der Waals surface area (Å²) in [6.45, 7) is 8.32. The number of aliphatic carboxylic acids is 1. The maximum atomic E-state index is 11.7. The number of carbonyl (C=O) groups is 2. The van der Waals surface area contributed by atoms with Crippen LogP contribution in [0.15, 0.2) is 0 Å².